The minimum absolute atomic E-state index is 0.0290. The van der Waals surface area contributed by atoms with E-state index in [4.69, 9.17) is 10.5 Å². The lowest BCUT2D eigenvalue weighted by molar-refractivity contribution is 0.392. The van der Waals surface area contributed by atoms with Crippen molar-refractivity contribution in [3.63, 3.8) is 0 Å². The second kappa shape index (κ2) is 5.47. The summed E-state index contributed by atoms with van der Waals surface area (Å²) < 4.78 is 31.9. The van der Waals surface area contributed by atoms with E-state index < -0.39 is 11.6 Å². The molecule has 21 heavy (non-hydrogen) atoms. The average Bonchev–Trinajstić information content (AvgIpc) is 2.97. The van der Waals surface area contributed by atoms with Crippen molar-refractivity contribution in [1.29, 1.82) is 0 Å². The van der Waals surface area contributed by atoms with Crippen molar-refractivity contribution in [3.05, 3.63) is 29.8 Å². The van der Waals surface area contributed by atoms with Gasteiger partial charge in [-0.15, -0.1) is 0 Å². The van der Waals surface area contributed by atoms with Gasteiger partial charge < -0.3 is 15.4 Å². The third-order valence-electron chi connectivity index (χ3n) is 3.13. The zero-order valence-electron chi connectivity index (χ0n) is 11.1. The van der Waals surface area contributed by atoms with Gasteiger partial charge in [-0.2, -0.15) is 19.3 Å². The van der Waals surface area contributed by atoms with Crippen molar-refractivity contribution in [2.75, 3.05) is 23.7 Å². The minimum Gasteiger partial charge on any atom is -0.421 e. The lowest BCUT2D eigenvalue weighted by Crippen LogP contribution is -2.21. The Balaban J connectivity index is 1.89. The number of ether oxygens (including phenoxy) is 1. The largest absolute Gasteiger partial charge is 0.421 e. The lowest BCUT2D eigenvalue weighted by atomic mass is 10.3. The van der Waals surface area contributed by atoms with E-state index in [0.717, 1.165) is 32.0 Å². The highest BCUT2D eigenvalue weighted by atomic mass is 19.2. The molecular weight excluding hydrogens is 280 g/mol. The highest BCUT2D eigenvalue weighted by Crippen LogP contribution is 2.25. The van der Waals surface area contributed by atoms with Crippen LogP contribution in [0.4, 0.5) is 20.7 Å². The second-order valence-electron chi connectivity index (χ2n) is 4.62. The van der Waals surface area contributed by atoms with E-state index in [1.807, 2.05) is 4.90 Å². The highest BCUT2D eigenvalue weighted by Gasteiger charge is 2.18. The molecule has 0 radical (unpaired) electrons. The van der Waals surface area contributed by atoms with Crippen LogP contribution in [0.1, 0.15) is 12.8 Å². The summed E-state index contributed by atoms with van der Waals surface area (Å²) in [7, 11) is 0. The van der Waals surface area contributed by atoms with Gasteiger partial charge in [0.2, 0.25) is 17.7 Å². The molecule has 3 rings (SSSR count). The Morgan fingerprint density at radius 1 is 1.10 bits per heavy atom. The third-order valence-corrected chi connectivity index (χ3v) is 3.13. The summed E-state index contributed by atoms with van der Waals surface area (Å²) in [5.74, 6) is -2.05. The topological polar surface area (TPSA) is 77.2 Å². The number of nitrogen functional groups attached to an aromatic ring is 1. The Morgan fingerprint density at radius 2 is 1.86 bits per heavy atom. The van der Waals surface area contributed by atoms with Crippen molar-refractivity contribution in [2.24, 2.45) is 0 Å². The Labute approximate surface area is 119 Å². The Bertz CT molecular complexity index is 661. The van der Waals surface area contributed by atoms with Gasteiger partial charge in [-0.1, -0.05) is 6.07 Å². The predicted molar refractivity (Wildman–Crippen MR) is 72.1 cm³/mol. The van der Waals surface area contributed by atoms with Crippen LogP contribution in [0.2, 0.25) is 0 Å². The molecule has 1 aromatic carbocycles. The van der Waals surface area contributed by atoms with Crippen LogP contribution in [0.5, 0.6) is 11.8 Å². The number of rotatable bonds is 3. The van der Waals surface area contributed by atoms with Gasteiger partial charge in [-0.05, 0) is 25.0 Å². The summed E-state index contributed by atoms with van der Waals surface area (Å²) >= 11 is 0. The molecule has 0 bridgehead atoms. The SMILES string of the molecule is Nc1nc(Oc2cccc(F)c2F)nc(N2CCCC2)n1. The van der Waals surface area contributed by atoms with E-state index in [1.54, 1.807) is 0 Å². The number of aromatic nitrogens is 3. The molecule has 0 amide bonds. The molecule has 0 unspecified atom stereocenters. The molecule has 1 fully saturated rings. The van der Waals surface area contributed by atoms with Crippen LogP contribution in [-0.4, -0.2) is 28.0 Å². The van der Waals surface area contributed by atoms with Crippen molar-refractivity contribution >= 4 is 11.9 Å². The molecule has 2 N–H and O–H groups in total. The summed E-state index contributed by atoms with van der Waals surface area (Å²) in [6.45, 7) is 1.63. The van der Waals surface area contributed by atoms with Gasteiger partial charge in [0, 0.05) is 13.1 Å². The van der Waals surface area contributed by atoms with Crippen LogP contribution in [0, 0.1) is 11.6 Å². The molecule has 1 aromatic heterocycles. The summed E-state index contributed by atoms with van der Waals surface area (Å²) in [4.78, 5) is 13.9. The number of hydrogen-bond acceptors (Lipinski definition) is 6. The lowest BCUT2D eigenvalue weighted by Gasteiger charge is -2.15. The van der Waals surface area contributed by atoms with Gasteiger partial charge in [0.15, 0.2) is 11.6 Å². The standard InChI is InChI=1S/C13H13F2N5O/c14-8-4-3-5-9(10(8)15)21-13-18-11(16)17-12(19-13)20-6-1-2-7-20/h3-5H,1-2,6-7H2,(H2,16,17,18,19). The molecule has 8 heteroatoms. The fourth-order valence-electron chi connectivity index (χ4n) is 2.13. The summed E-state index contributed by atoms with van der Waals surface area (Å²) in [5, 5.41) is 0. The predicted octanol–water partition coefficient (Wildman–Crippen LogP) is 2.12. The minimum atomic E-state index is -1.10. The van der Waals surface area contributed by atoms with Gasteiger partial charge in [0.1, 0.15) is 0 Å². The number of halogens is 2. The van der Waals surface area contributed by atoms with Crippen LogP contribution in [0.25, 0.3) is 0 Å². The van der Waals surface area contributed by atoms with Crippen molar-refractivity contribution in [1.82, 2.24) is 15.0 Å². The molecule has 1 saturated heterocycles. The zero-order valence-corrected chi connectivity index (χ0v) is 11.1. The van der Waals surface area contributed by atoms with Crippen molar-refractivity contribution in [2.45, 2.75) is 12.8 Å². The fourth-order valence-corrected chi connectivity index (χ4v) is 2.13. The van der Waals surface area contributed by atoms with Crippen molar-refractivity contribution < 1.29 is 13.5 Å². The van der Waals surface area contributed by atoms with Crippen LogP contribution < -0.4 is 15.4 Å². The first kappa shape index (κ1) is 13.5. The Kier molecular flexibility index (Phi) is 3.51. The van der Waals surface area contributed by atoms with E-state index in [-0.39, 0.29) is 17.7 Å². The Hall–Kier alpha value is -2.51. The quantitative estimate of drug-likeness (QED) is 0.934. The van der Waals surface area contributed by atoms with E-state index >= 15 is 0 Å². The summed E-state index contributed by atoms with van der Waals surface area (Å²) in [6.07, 6.45) is 2.08. The molecule has 0 spiro atoms. The number of anilines is 2. The van der Waals surface area contributed by atoms with Crippen LogP contribution >= 0.6 is 0 Å². The molecule has 6 nitrogen and oxygen atoms in total. The number of nitrogens with two attached hydrogens (primary N) is 1. The number of benzene rings is 1. The molecule has 2 aromatic rings. The van der Waals surface area contributed by atoms with Gasteiger partial charge in [0.25, 0.3) is 0 Å². The van der Waals surface area contributed by atoms with Crippen LogP contribution in [0.15, 0.2) is 18.2 Å². The molecule has 0 saturated carbocycles. The van der Waals surface area contributed by atoms with E-state index in [0.29, 0.717) is 5.95 Å². The highest BCUT2D eigenvalue weighted by molar-refractivity contribution is 5.38. The molecule has 0 atom stereocenters. The van der Waals surface area contributed by atoms with Crippen LogP contribution in [0.3, 0.4) is 0 Å². The number of nitrogens with zero attached hydrogens (tertiary/aromatic N) is 4. The van der Waals surface area contributed by atoms with Crippen LogP contribution in [-0.2, 0) is 0 Å². The maximum Gasteiger partial charge on any atom is 0.328 e. The van der Waals surface area contributed by atoms with Gasteiger partial charge in [-0.25, -0.2) is 4.39 Å². The monoisotopic (exact) mass is 293 g/mol. The van der Waals surface area contributed by atoms with E-state index in [1.165, 1.54) is 12.1 Å². The summed E-state index contributed by atoms with van der Waals surface area (Å²) in [6, 6.07) is 3.46. The normalized spacial score (nSPS) is 14.5. The maximum absolute atomic E-state index is 13.6. The van der Waals surface area contributed by atoms with E-state index in [2.05, 4.69) is 15.0 Å². The van der Waals surface area contributed by atoms with Crippen molar-refractivity contribution in [3.8, 4) is 11.8 Å². The average molecular weight is 293 g/mol. The zero-order chi connectivity index (χ0) is 14.8. The second-order valence-corrected chi connectivity index (χ2v) is 4.62. The molecular formula is C13H13F2N5O. The van der Waals surface area contributed by atoms with Gasteiger partial charge in [-0.3, -0.25) is 0 Å². The van der Waals surface area contributed by atoms with Gasteiger partial charge >= 0.3 is 6.01 Å². The smallest absolute Gasteiger partial charge is 0.328 e. The number of hydrogen-bond donors (Lipinski definition) is 1. The third kappa shape index (κ3) is 2.83. The van der Waals surface area contributed by atoms with Gasteiger partial charge in [0.05, 0.1) is 0 Å². The molecule has 1 aliphatic rings. The summed E-state index contributed by atoms with van der Waals surface area (Å²) in [5.41, 5.74) is 5.61. The molecule has 110 valence electrons. The maximum atomic E-state index is 13.6. The Morgan fingerprint density at radius 3 is 2.62 bits per heavy atom. The first-order valence-corrected chi connectivity index (χ1v) is 6.52. The van der Waals surface area contributed by atoms with E-state index in [9.17, 15) is 8.78 Å². The molecule has 2 heterocycles. The molecule has 1 aliphatic heterocycles. The first-order valence-electron chi connectivity index (χ1n) is 6.52. The fraction of sp³-hybridized carbons (Fsp3) is 0.308. The molecule has 0 aliphatic carbocycles. The first-order chi connectivity index (χ1) is 10.1.